The maximum Gasteiger partial charge on any atom is 0.221 e. The summed E-state index contributed by atoms with van der Waals surface area (Å²) < 4.78 is 0. The van der Waals surface area contributed by atoms with Crippen molar-refractivity contribution in [3.8, 4) is 0 Å². The molecule has 0 aliphatic heterocycles. The fraction of sp³-hybridized carbons (Fsp3) is 0.100. The van der Waals surface area contributed by atoms with Gasteiger partial charge in [-0.05, 0) is 5.56 Å². The number of nitrogens with one attached hydrogen (secondary N) is 1. The van der Waals surface area contributed by atoms with Crippen LogP contribution in [0.3, 0.4) is 0 Å². The van der Waals surface area contributed by atoms with E-state index in [1.165, 1.54) is 6.92 Å². The third-order valence-electron chi connectivity index (χ3n) is 1.45. The molecule has 1 N–H and O–H groups in total. The number of hydrogen-bond donors (Lipinski definition) is 1. The largest absolute Gasteiger partial charge is 0.326 e. The Morgan fingerprint density at radius 2 is 1.92 bits per heavy atom. The third-order valence-corrected chi connectivity index (χ3v) is 1.45. The molecule has 0 radical (unpaired) electrons. The van der Waals surface area contributed by atoms with E-state index < -0.39 is 0 Å². The van der Waals surface area contributed by atoms with E-state index in [1.807, 2.05) is 30.3 Å². The Morgan fingerprint density at radius 1 is 1.33 bits per heavy atom. The summed E-state index contributed by atoms with van der Waals surface area (Å²) >= 11 is 0. The lowest BCUT2D eigenvalue weighted by molar-refractivity contribution is -0.117. The lowest BCUT2D eigenvalue weighted by Crippen LogP contribution is -2.16. The Balaban J connectivity index is 2.73. The Kier molecular flexibility index (Phi) is 2.64. The first-order valence-corrected chi connectivity index (χ1v) is 3.72. The van der Waals surface area contributed by atoms with Crippen molar-refractivity contribution in [2.24, 2.45) is 0 Å². The summed E-state index contributed by atoms with van der Waals surface area (Å²) in [5.74, 6) is -0.0937. The molecule has 2 nitrogen and oxygen atoms in total. The Hall–Kier alpha value is -1.57. The smallest absolute Gasteiger partial charge is 0.221 e. The molecule has 0 saturated heterocycles. The van der Waals surface area contributed by atoms with Crippen molar-refractivity contribution in [1.82, 2.24) is 5.32 Å². The van der Waals surface area contributed by atoms with E-state index >= 15 is 0 Å². The highest BCUT2D eigenvalue weighted by molar-refractivity contribution is 5.84. The van der Waals surface area contributed by atoms with Gasteiger partial charge in [0.2, 0.25) is 5.91 Å². The predicted octanol–water partition coefficient (Wildman–Crippen LogP) is 1.79. The highest BCUT2D eigenvalue weighted by atomic mass is 16.1. The molecule has 0 aliphatic carbocycles. The number of amides is 1. The van der Waals surface area contributed by atoms with Gasteiger partial charge in [0.05, 0.1) is 0 Å². The number of hydrogen-bond acceptors (Lipinski definition) is 1. The molecule has 1 rings (SSSR count). The van der Waals surface area contributed by atoms with E-state index in [4.69, 9.17) is 0 Å². The molecule has 2 heteroatoms. The number of carbonyl (C=O) groups is 1. The average molecular weight is 161 g/mol. The molecule has 0 heterocycles. The molecule has 1 amide bonds. The molecule has 0 bridgehead atoms. The van der Waals surface area contributed by atoms with Crippen LogP contribution < -0.4 is 5.32 Å². The minimum absolute atomic E-state index is 0.0937. The number of benzene rings is 1. The fourth-order valence-corrected chi connectivity index (χ4v) is 0.924. The Labute approximate surface area is 71.9 Å². The van der Waals surface area contributed by atoms with Crippen LogP contribution in [0.2, 0.25) is 0 Å². The zero-order valence-corrected chi connectivity index (χ0v) is 7.00. The van der Waals surface area contributed by atoms with E-state index in [1.54, 1.807) is 0 Å². The van der Waals surface area contributed by atoms with E-state index in [-0.39, 0.29) is 5.91 Å². The van der Waals surface area contributed by atoms with Gasteiger partial charge in [0.15, 0.2) is 0 Å². The second-order valence-electron chi connectivity index (χ2n) is 2.53. The Morgan fingerprint density at radius 3 is 2.42 bits per heavy atom. The molecule has 0 unspecified atom stereocenters. The maximum absolute atomic E-state index is 10.7. The van der Waals surface area contributed by atoms with Crippen LogP contribution in [0.1, 0.15) is 12.5 Å². The van der Waals surface area contributed by atoms with E-state index in [9.17, 15) is 4.79 Å². The minimum Gasteiger partial charge on any atom is -0.326 e. The third kappa shape index (κ3) is 2.23. The molecule has 1 aromatic carbocycles. The molecular weight excluding hydrogens is 150 g/mol. The highest BCUT2D eigenvalue weighted by Crippen LogP contribution is 2.07. The minimum atomic E-state index is -0.0937. The van der Waals surface area contributed by atoms with Crippen LogP contribution in [0.25, 0.3) is 5.70 Å². The van der Waals surface area contributed by atoms with Crippen LogP contribution in [-0.4, -0.2) is 5.91 Å². The van der Waals surface area contributed by atoms with Crippen LogP contribution >= 0.6 is 0 Å². The summed E-state index contributed by atoms with van der Waals surface area (Å²) in [4.78, 5) is 10.7. The molecule has 0 atom stereocenters. The standard InChI is InChI=1S/C10H11NO/c1-8(11-9(2)12)10-6-4-3-5-7-10/h3-7H,1H2,2H3,(H,11,12). The van der Waals surface area contributed by atoms with Crippen molar-refractivity contribution in [1.29, 1.82) is 0 Å². The zero-order valence-electron chi connectivity index (χ0n) is 7.00. The van der Waals surface area contributed by atoms with Crippen LogP contribution in [0.5, 0.6) is 0 Å². The normalized spacial score (nSPS) is 9.08. The summed E-state index contributed by atoms with van der Waals surface area (Å²) in [5.41, 5.74) is 1.58. The van der Waals surface area contributed by atoms with Crippen LogP contribution in [0.15, 0.2) is 36.9 Å². The molecule has 62 valence electrons. The monoisotopic (exact) mass is 161 g/mol. The van der Waals surface area contributed by atoms with E-state index in [0.717, 1.165) is 5.56 Å². The summed E-state index contributed by atoms with van der Waals surface area (Å²) in [6, 6.07) is 9.53. The lowest BCUT2D eigenvalue weighted by atomic mass is 10.2. The molecule has 1 aromatic rings. The van der Waals surface area contributed by atoms with Gasteiger partial charge in [-0.3, -0.25) is 4.79 Å². The quantitative estimate of drug-likeness (QED) is 0.704. The van der Waals surface area contributed by atoms with Gasteiger partial charge in [-0.1, -0.05) is 36.9 Å². The van der Waals surface area contributed by atoms with Crippen LogP contribution in [0.4, 0.5) is 0 Å². The first-order chi connectivity index (χ1) is 5.70. The van der Waals surface area contributed by atoms with Gasteiger partial charge < -0.3 is 5.32 Å². The first-order valence-electron chi connectivity index (χ1n) is 3.72. The molecule has 0 saturated carbocycles. The average Bonchev–Trinajstić information content (AvgIpc) is 2.05. The molecule has 0 aliphatic rings. The van der Waals surface area contributed by atoms with Crippen LogP contribution in [0, 0.1) is 0 Å². The summed E-state index contributed by atoms with van der Waals surface area (Å²) in [6.07, 6.45) is 0. The fourth-order valence-electron chi connectivity index (χ4n) is 0.924. The van der Waals surface area contributed by atoms with Gasteiger partial charge in [0, 0.05) is 12.6 Å². The second-order valence-corrected chi connectivity index (χ2v) is 2.53. The van der Waals surface area contributed by atoms with Gasteiger partial charge in [-0.25, -0.2) is 0 Å². The van der Waals surface area contributed by atoms with Gasteiger partial charge >= 0.3 is 0 Å². The maximum atomic E-state index is 10.7. The van der Waals surface area contributed by atoms with Crippen molar-refractivity contribution in [2.75, 3.05) is 0 Å². The highest BCUT2D eigenvalue weighted by Gasteiger charge is 1.97. The van der Waals surface area contributed by atoms with Gasteiger partial charge in [-0.2, -0.15) is 0 Å². The number of carbonyl (C=O) groups excluding carboxylic acids is 1. The van der Waals surface area contributed by atoms with Crippen molar-refractivity contribution >= 4 is 11.6 Å². The van der Waals surface area contributed by atoms with Crippen LogP contribution in [-0.2, 0) is 4.79 Å². The number of rotatable bonds is 2. The first kappa shape index (κ1) is 8.53. The topological polar surface area (TPSA) is 29.1 Å². The van der Waals surface area contributed by atoms with E-state index in [2.05, 4.69) is 11.9 Å². The summed E-state index contributed by atoms with van der Waals surface area (Å²) in [6.45, 7) is 5.20. The molecule has 0 aromatic heterocycles. The second kappa shape index (κ2) is 3.72. The molecule has 0 spiro atoms. The lowest BCUT2D eigenvalue weighted by Gasteiger charge is -2.04. The SMILES string of the molecule is C=C(NC(C)=O)c1ccccc1. The van der Waals surface area contributed by atoms with Crippen molar-refractivity contribution in [3.05, 3.63) is 42.5 Å². The van der Waals surface area contributed by atoms with Crippen molar-refractivity contribution in [2.45, 2.75) is 6.92 Å². The van der Waals surface area contributed by atoms with Crippen molar-refractivity contribution in [3.63, 3.8) is 0 Å². The van der Waals surface area contributed by atoms with Gasteiger partial charge in [-0.15, -0.1) is 0 Å². The Bertz CT molecular complexity index is 290. The summed E-state index contributed by atoms with van der Waals surface area (Å²) in [7, 11) is 0. The molecule has 0 fully saturated rings. The van der Waals surface area contributed by atoms with Gasteiger partial charge in [0.1, 0.15) is 0 Å². The molecule has 12 heavy (non-hydrogen) atoms. The predicted molar refractivity (Wildman–Crippen MR) is 49.3 cm³/mol. The van der Waals surface area contributed by atoms with Crippen molar-refractivity contribution < 1.29 is 4.79 Å². The molecular formula is C10H11NO. The van der Waals surface area contributed by atoms with Gasteiger partial charge in [0.25, 0.3) is 0 Å². The summed E-state index contributed by atoms with van der Waals surface area (Å²) in [5, 5.41) is 2.63. The van der Waals surface area contributed by atoms with E-state index in [0.29, 0.717) is 5.70 Å². The zero-order chi connectivity index (χ0) is 8.97.